The zero-order chi connectivity index (χ0) is 20.3. The van der Waals surface area contributed by atoms with E-state index in [1.807, 2.05) is 19.2 Å². The molecule has 0 radical (unpaired) electrons. The third kappa shape index (κ3) is 3.61. The molecule has 0 bridgehead atoms. The predicted molar refractivity (Wildman–Crippen MR) is 101 cm³/mol. The van der Waals surface area contributed by atoms with E-state index < -0.39 is 0 Å². The molecule has 3 heterocycles. The number of piperidine rings is 1. The van der Waals surface area contributed by atoms with Crippen molar-refractivity contribution in [2.45, 2.75) is 38.6 Å². The average Bonchev–Trinajstić information content (AvgIpc) is 3.12. The van der Waals surface area contributed by atoms with Gasteiger partial charge in [-0.2, -0.15) is 10.5 Å². The monoisotopic (exact) mass is 381 g/mol. The second kappa shape index (κ2) is 8.22. The van der Waals surface area contributed by atoms with Crippen LogP contribution < -0.4 is 9.80 Å². The first-order chi connectivity index (χ1) is 13.5. The van der Waals surface area contributed by atoms with Crippen molar-refractivity contribution in [3.8, 4) is 12.1 Å². The molecular weight excluding hydrogens is 358 g/mol. The summed E-state index contributed by atoms with van der Waals surface area (Å²) in [5.74, 6) is 1.27. The van der Waals surface area contributed by atoms with Crippen LogP contribution in [0.5, 0.6) is 0 Å². The Morgan fingerprint density at radius 1 is 1.21 bits per heavy atom. The Bertz CT molecular complexity index is 857. The van der Waals surface area contributed by atoms with Gasteiger partial charge in [-0.3, -0.25) is 14.5 Å². The first kappa shape index (κ1) is 19.6. The minimum atomic E-state index is -0.257. The molecule has 146 valence electrons. The van der Waals surface area contributed by atoms with Crippen molar-refractivity contribution in [1.82, 2.24) is 14.9 Å². The maximum atomic E-state index is 12.2. The molecule has 2 aliphatic heterocycles. The number of carbonyl (C=O) groups is 2. The molecular formula is C19H23N7O2. The van der Waals surface area contributed by atoms with E-state index in [-0.39, 0.29) is 30.7 Å². The number of anilines is 2. The van der Waals surface area contributed by atoms with Gasteiger partial charge in [-0.25, -0.2) is 9.97 Å². The van der Waals surface area contributed by atoms with Crippen LogP contribution in [0.3, 0.4) is 0 Å². The second-order valence-corrected chi connectivity index (χ2v) is 7.25. The van der Waals surface area contributed by atoms with Gasteiger partial charge in [0.2, 0.25) is 11.8 Å². The molecule has 3 rings (SSSR count). The van der Waals surface area contributed by atoms with Gasteiger partial charge in [0, 0.05) is 32.2 Å². The van der Waals surface area contributed by atoms with Gasteiger partial charge in [-0.15, -0.1) is 0 Å². The Hall–Kier alpha value is -3.20. The molecule has 2 unspecified atom stereocenters. The summed E-state index contributed by atoms with van der Waals surface area (Å²) in [5.41, 5.74) is 0.893. The van der Waals surface area contributed by atoms with E-state index in [1.165, 1.54) is 6.33 Å². The minimum absolute atomic E-state index is 0.0549. The van der Waals surface area contributed by atoms with Gasteiger partial charge in [0.1, 0.15) is 30.8 Å². The van der Waals surface area contributed by atoms with Gasteiger partial charge in [-0.05, 0) is 18.8 Å². The molecule has 9 nitrogen and oxygen atoms in total. The molecule has 0 N–H and O–H groups in total. The highest BCUT2D eigenvalue weighted by Gasteiger charge is 2.35. The van der Waals surface area contributed by atoms with Crippen LogP contribution in [0.4, 0.5) is 11.6 Å². The van der Waals surface area contributed by atoms with Crippen molar-refractivity contribution in [2.24, 2.45) is 5.92 Å². The number of hydrogen-bond donors (Lipinski definition) is 0. The SMILES string of the molecule is CC1CCN(C(=O)CC#N)CC1N(C)c1ncnc2c1CCN2C(=O)CC#N. The molecule has 0 aliphatic carbocycles. The van der Waals surface area contributed by atoms with E-state index in [9.17, 15) is 9.59 Å². The molecule has 1 saturated heterocycles. The summed E-state index contributed by atoms with van der Waals surface area (Å²) in [6.45, 7) is 3.83. The smallest absolute Gasteiger partial charge is 0.242 e. The Balaban J connectivity index is 1.84. The van der Waals surface area contributed by atoms with Crippen LogP contribution >= 0.6 is 0 Å². The fourth-order valence-electron chi connectivity index (χ4n) is 4.01. The van der Waals surface area contributed by atoms with E-state index in [1.54, 1.807) is 9.80 Å². The van der Waals surface area contributed by atoms with E-state index in [2.05, 4.69) is 21.8 Å². The predicted octanol–water partition coefficient (Wildman–Crippen LogP) is 0.866. The Labute approximate surface area is 164 Å². The highest BCUT2D eigenvalue weighted by molar-refractivity contribution is 5.96. The number of amides is 2. The van der Waals surface area contributed by atoms with Crippen molar-refractivity contribution in [3.63, 3.8) is 0 Å². The lowest BCUT2D eigenvalue weighted by molar-refractivity contribution is -0.131. The van der Waals surface area contributed by atoms with Gasteiger partial charge in [0.05, 0.1) is 18.2 Å². The number of rotatable bonds is 4. The fraction of sp³-hybridized carbons (Fsp3) is 0.579. The number of nitrogens with zero attached hydrogens (tertiary/aromatic N) is 7. The maximum Gasteiger partial charge on any atom is 0.242 e. The normalized spacial score (nSPS) is 20.9. The average molecular weight is 381 g/mol. The van der Waals surface area contributed by atoms with Crippen molar-refractivity contribution in [1.29, 1.82) is 10.5 Å². The van der Waals surface area contributed by atoms with Crippen LogP contribution in [0.2, 0.25) is 0 Å². The molecule has 1 aromatic rings. The molecule has 1 fully saturated rings. The van der Waals surface area contributed by atoms with E-state index in [0.717, 1.165) is 17.8 Å². The summed E-state index contributed by atoms with van der Waals surface area (Å²) < 4.78 is 0. The van der Waals surface area contributed by atoms with Crippen molar-refractivity contribution < 1.29 is 9.59 Å². The van der Waals surface area contributed by atoms with Crippen LogP contribution in [0, 0.1) is 28.6 Å². The van der Waals surface area contributed by atoms with Crippen LogP contribution in [-0.4, -0.2) is 59.4 Å². The molecule has 2 atom stereocenters. The number of aromatic nitrogens is 2. The summed E-state index contributed by atoms with van der Waals surface area (Å²) in [6, 6.07) is 3.87. The second-order valence-electron chi connectivity index (χ2n) is 7.25. The molecule has 0 aromatic carbocycles. The third-order valence-corrected chi connectivity index (χ3v) is 5.61. The summed E-state index contributed by atoms with van der Waals surface area (Å²) in [5, 5.41) is 17.6. The molecule has 1 aromatic heterocycles. The standard InChI is InChI=1S/C19H23N7O2/c1-13-5-9-25(16(27)3-7-20)11-15(13)24(2)18-14-6-10-26(17(28)4-8-21)19(14)23-12-22-18/h12-13,15H,3-6,9-11H2,1-2H3. The minimum Gasteiger partial charge on any atom is -0.354 e. The Morgan fingerprint density at radius 3 is 2.64 bits per heavy atom. The van der Waals surface area contributed by atoms with Crippen molar-refractivity contribution >= 4 is 23.5 Å². The molecule has 0 spiro atoms. The summed E-state index contributed by atoms with van der Waals surface area (Å²) >= 11 is 0. The highest BCUT2D eigenvalue weighted by Crippen LogP contribution is 2.34. The molecule has 2 amide bonds. The maximum absolute atomic E-state index is 12.2. The first-order valence-electron chi connectivity index (χ1n) is 9.36. The summed E-state index contributed by atoms with van der Waals surface area (Å²) in [6.07, 6.45) is 2.64. The third-order valence-electron chi connectivity index (χ3n) is 5.61. The Kier molecular flexibility index (Phi) is 5.74. The Morgan fingerprint density at radius 2 is 1.93 bits per heavy atom. The van der Waals surface area contributed by atoms with Crippen LogP contribution in [0.1, 0.15) is 31.7 Å². The lowest BCUT2D eigenvalue weighted by atomic mass is 9.92. The number of nitriles is 2. The summed E-state index contributed by atoms with van der Waals surface area (Å²) in [7, 11) is 1.95. The molecule has 0 saturated carbocycles. The number of likely N-dealkylation sites (tertiary alicyclic amines) is 1. The summed E-state index contributed by atoms with van der Waals surface area (Å²) in [4.78, 5) is 38.4. The quantitative estimate of drug-likeness (QED) is 0.759. The van der Waals surface area contributed by atoms with Crippen LogP contribution in [0.25, 0.3) is 0 Å². The topological polar surface area (TPSA) is 117 Å². The molecule has 2 aliphatic rings. The fourth-order valence-corrected chi connectivity index (χ4v) is 4.01. The van der Waals surface area contributed by atoms with Crippen LogP contribution in [-0.2, 0) is 16.0 Å². The van der Waals surface area contributed by atoms with Gasteiger partial charge in [0.15, 0.2) is 0 Å². The van der Waals surface area contributed by atoms with Gasteiger partial charge >= 0.3 is 0 Å². The lowest BCUT2D eigenvalue weighted by Gasteiger charge is -2.42. The van der Waals surface area contributed by atoms with Gasteiger partial charge < -0.3 is 9.80 Å². The van der Waals surface area contributed by atoms with Crippen molar-refractivity contribution in [3.05, 3.63) is 11.9 Å². The molecule has 9 heteroatoms. The van der Waals surface area contributed by atoms with Gasteiger partial charge in [-0.1, -0.05) is 6.92 Å². The van der Waals surface area contributed by atoms with Crippen LogP contribution in [0.15, 0.2) is 6.33 Å². The lowest BCUT2D eigenvalue weighted by Crippen LogP contribution is -2.53. The zero-order valence-electron chi connectivity index (χ0n) is 16.1. The zero-order valence-corrected chi connectivity index (χ0v) is 16.1. The highest BCUT2D eigenvalue weighted by atomic mass is 16.2. The van der Waals surface area contributed by atoms with E-state index in [0.29, 0.717) is 37.8 Å². The number of fused-ring (bicyclic) bond motifs is 1. The van der Waals surface area contributed by atoms with E-state index >= 15 is 0 Å². The first-order valence-corrected chi connectivity index (χ1v) is 9.36. The molecule has 28 heavy (non-hydrogen) atoms. The number of carbonyl (C=O) groups excluding carboxylic acids is 2. The van der Waals surface area contributed by atoms with E-state index in [4.69, 9.17) is 10.5 Å². The largest absolute Gasteiger partial charge is 0.354 e. The van der Waals surface area contributed by atoms with Gasteiger partial charge in [0.25, 0.3) is 0 Å². The van der Waals surface area contributed by atoms with Crippen molar-refractivity contribution in [2.75, 3.05) is 36.5 Å². The number of likely N-dealkylation sites (N-methyl/N-ethyl adjacent to an activating group) is 1. The number of hydrogen-bond acceptors (Lipinski definition) is 7.